The third-order valence-electron chi connectivity index (χ3n) is 5.22. The second kappa shape index (κ2) is 7.43. The van der Waals surface area contributed by atoms with Crippen molar-refractivity contribution < 1.29 is 4.74 Å². The fraction of sp³-hybridized carbons (Fsp3) is 0.400. The van der Waals surface area contributed by atoms with Crippen molar-refractivity contribution in [3.05, 3.63) is 64.5 Å². The molecule has 1 aliphatic rings. The highest BCUT2D eigenvalue weighted by Crippen LogP contribution is 2.29. The van der Waals surface area contributed by atoms with Crippen LogP contribution in [0, 0.1) is 5.92 Å². The van der Waals surface area contributed by atoms with E-state index < -0.39 is 0 Å². The number of rotatable bonds is 5. The molecule has 6 nitrogen and oxygen atoms in total. The molecule has 1 aromatic carbocycles. The standard InChI is InChI=1S/C20H24N4O2/c1-24-9-8-21-19(24)18(14-6-10-26-11-7-14)22-13-16-12-15-4-2-3-5-17(15)23-20(16)25/h2-5,8-9,12,14,18,22H,6-7,10-11,13H2,1H3,(H,23,25). The summed E-state index contributed by atoms with van der Waals surface area (Å²) in [5.41, 5.74) is 1.57. The molecule has 0 aliphatic carbocycles. The summed E-state index contributed by atoms with van der Waals surface area (Å²) in [6, 6.07) is 9.93. The average molecular weight is 352 g/mol. The summed E-state index contributed by atoms with van der Waals surface area (Å²) in [5.74, 6) is 1.46. The molecule has 1 unspecified atom stereocenters. The number of ether oxygens (including phenoxy) is 1. The highest BCUT2D eigenvalue weighted by molar-refractivity contribution is 5.78. The van der Waals surface area contributed by atoms with Crippen LogP contribution in [-0.2, 0) is 18.3 Å². The monoisotopic (exact) mass is 352 g/mol. The molecule has 26 heavy (non-hydrogen) atoms. The largest absolute Gasteiger partial charge is 0.381 e. The Morgan fingerprint density at radius 3 is 2.92 bits per heavy atom. The number of hydrogen-bond donors (Lipinski definition) is 2. The summed E-state index contributed by atoms with van der Waals surface area (Å²) in [5, 5.41) is 4.64. The molecule has 0 saturated carbocycles. The predicted molar refractivity (Wildman–Crippen MR) is 101 cm³/mol. The Bertz CT molecular complexity index is 940. The molecule has 2 aromatic heterocycles. The van der Waals surface area contributed by atoms with Crippen molar-refractivity contribution in [3.8, 4) is 0 Å². The van der Waals surface area contributed by atoms with Crippen molar-refractivity contribution in [2.24, 2.45) is 13.0 Å². The van der Waals surface area contributed by atoms with E-state index in [1.165, 1.54) is 0 Å². The SMILES string of the molecule is Cn1ccnc1C(NCc1cc2ccccc2[nH]c1=O)C1CCOCC1. The second-order valence-corrected chi connectivity index (χ2v) is 6.92. The number of aromatic nitrogens is 3. The number of aromatic amines is 1. The van der Waals surface area contributed by atoms with E-state index in [4.69, 9.17) is 4.74 Å². The molecule has 1 aliphatic heterocycles. The maximum atomic E-state index is 12.4. The molecule has 3 heterocycles. The highest BCUT2D eigenvalue weighted by atomic mass is 16.5. The molecule has 1 saturated heterocycles. The third-order valence-corrected chi connectivity index (χ3v) is 5.22. The number of para-hydroxylation sites is 1. The highest BCUT2D eigenvalue weighted by Gasteiger charge is 2.28. The van der Waals surface area contributed by atoms with Gasteiger partial charge in [-0.3, -0.25) is 4.79 Å². The van der Waals surface area contributed by atoms with Gasteiger partial charge in [0.1, 0.15) is 5.82 Å². The number of nitrogens with zero attached hydrogens (tertiary/aromatic N) is 2. The van der Waals surface area contributed by atoms with E-state index in [9.17, 15) is 4.79 Å². The van der Waals surface area contributed by atoms with Crippen molar-refractivity contribution in [3.63, 3.8) is 0 Å². The van der Waals surface area contributed by atoms with Crippen LogP contribution in [0.3, 0.4) is 0 Å². The Hall–Kier alpha value is -2.44. The second-order valence-electron chi connectivity index (χ2n) is 6.92. The number of benzene rings is 1. The van der Waals surface area contributed by atoms with Gasteiger partial charge in [-0.15, -0.1) is 0 Å². The number of imidazole rings is 1. The van der Waals surface area contributed by atoms with E-state index in [1.54, 1.807) is 0 Å². The van der Waals surface area contributed by atoms with Crippen LogP contribution in [0.25, 0.3) is 10.9 Å². The summed E-state index contributed by atoms with van der Waals surface area (Å²) >= 11 is 0. The Morgan fingerprint density at radius 2 is 2.15 bits per heavy atom. The predicted octanol–water partition coefficient (Wildman–Crippen LogP) is 2.52. The molecular formula is C20H24N4O2. The first kappa shape index (κ1) is 17.0. The fourth-order valence-electron chi connectivity index (χ4n) is 3.74. The first-order valence-corrected chi connectivity index (χ1v) is 9.11. The molecule has 6 heteroatoms. The lowest BCUT2D eigenvalue weighted by Gasteiger charge is -2.30. The average Bonchev–Trinajstić information content (AvgIpc) is 3.09. The van der Waals surface area contributed by atoms with E-state index in [2.05, 4.69) is 19.9 Å². The normalized spacial score (nSPS) is 16.8. The van der Waals surface area contributed by atoms with Crippen LogP contribution in [0.15, 0.2) is 47.5 Å². The van der Waals surface area contributed by atoms with Crippen LogP contribution in [0.5, 0.6) is 0 Å². The van der Waals surface area contributed by atoms with Crippen LogP contribution >= 0.6 is 0 Å². The lowest BCUT2D eigenvalue weighted by Crippen LogP contribution is -2.34. The Morgan fingerprint density at radius 1 is 1.35 bits per heavy atom. The minimum atomic E-state index is -0.0400. The van der Waals surface area contributed by atoms with Crippen LogP contribution in [0.4, 0.5) is 0 Å². The summed E-state index contributed by atoms with van der Waals surface area (Å²) in [7, 11) is 2.01. The van der Waals surface area contributed by atoms with E-state index in [1.807, 2.05) is 49.8 Å². The number of fused-ring (bicyclic) bond motifs is 1. The number of aryl methyl sites for hydroxylation is 1. The van der Waals surface area contributed by atoms with E-state index in [-0.39, 0.29) is 11.6 Å². The molecule has 0 radical (unpaired) electrons. The van der Waals surface area contributed by atoms with Gasteiger partial charge in [0.25, 0.3) is 5.56 Å². The van der Waals surface area contributed by atoms with E-state index in [0.29, 0.717) is 12.5 Å². The first-order chi connectivity index (χ1) is 12.7. The van der Waals surface area contributed by atoms with E-state index >= 15 is 0 Å². The van der Waals surface area contributed by atoms with Gasteiger partial charge in [-0.1, -0.05) is 18.2 Å². The van der Waals surface area contributed by atoms with Crippen LogP contribution in [0.2, 0.25) is 0 Å². The van der Waals surface area contributed by atoms with Crippen molar-refractivity contribution in [2.75, 3.05) is 13.2 Å². The van der Waals surface area contributed by atoms with Crippen LogP contribution in [-0.4, -0.2) is 27.7 Å². The topological polar surface area (TPSA) is 71.9 Å². The minimum absolute atomic E-state index is 0.0400. The molecule has 0 bridgehead atoms. The molecule has 0 amide bonds. The Balaban J connectivity index is 1.59. The maximum Gasteiger partial charge on any atom is 0.252 e. The minimum Gasteiger partial charge on any atom is -0.381 e. The van der Waals surface area contributed by atoms with Gasteiger partial charge < -0.3 is 19.6 Å². The smallest absolute Gasteiger partial charge is 0.252 e. The van der Waals surface area contributed by atoms with Gasteiger partial charge in [0.15, 0.2) is 0 Å². The zero-order valence-electron chi connectivity index (χ0n) is 14.9. The molecule has 4 rings (SSSR count). The van der Waals surface area contributed by atoms with Gasteiger partial charge in [0.05, 0.1) is 6.04 Å². The lowest BCUT2D eigenvalue weighted by atomic mass is 9.91. The van der Waals surface area contributed by atoms with Gasteiger partial charge in [-0.2, -0.15) is 0 Å². The van der Waals surface area contributed by atoms with Gasteiger partial charge in [0, 0.05) is 50.3 Å². The zero-order chi connectivity index (χ0) is 17.9. The maximum absolute atomic E-state index is 12.4. The van der Waals surface area contributed by atoms with Crippen molar-refractivity contribution in [1.29, 1.82) is 0 Å². The summed E-state index contributed by atoms with van der Waals surface area (Å²) < 4.78 is 7.57. The summed E-state index contributed by atoms with van der Waals surface area (Å²) in [6.45, 7) is 2.07. The molecule has 2 N–H and O–H groups in total. The first-order valence-electron chi connectivity index (χ1n) is 9.11. The third kappa shape index (κ3) is 3.43. The summed E-state index contributed by atoms with van der Waals surface area (Å²) in [6.07, 6.45) is 5.79. The van der Waals surface area contributed by atoms with Gasteiger partial charge >= 0.3 is 0 Å². The molecule has 1 fully saturated rings. The van der Waals surface area contributed by atoms with Gasteiger partial charge in [-0.05, 0) is 36.3 Å². The quantitative estimate of drug-likeness (QED) is 0.740. The molecule has 0 spiro atoms. The Labute approximate surface area is 152 Å². The van der Waals surface area contributed by atoms with Crippen LogP contribution < -0.4 is 10.9 Å². The summed E-state index contributed by atoms with van der Waals surface area (Å²) in [4.78, 5) is 20.0. The van der Waals surface area contributed by atoms with Gasteiger partial charge in [0.2, 0.25) is 0 Å². The number of H-pyrrole nitrogens is 1. The Kier molecular flexibility index (Phi) is 4.86. The number of hydrogen-bond acceptors (Lipinski definition) is 4. The zero-order valence-corrected chi connectivity index (χ0v) is 14.9. The van der Waals surface area contributed by atoms with Crippen molar-refractivity contribution in [2.45, 2.75) is 25.4 Å². The molecule has 3 aromatic rings. The fourth-order valence-corrected chi connectivity index (χ4v) is 3.74. The van der Waals surface area contributed by atoms with Crippen molar-refractivity contribution in [1.82, 2.24) is 19.9 Å². The number of pyridine rings is 1. The van der Waals surface area contributed by atoms with Crippen LogP contribution in [0.1, 0.15) is 30.3 Å². The lowest BCUT2D eigenvalue weighted by molar-refractivity contribution is 0.0518. The molecular weight excluding hydrogens is 328 g/mol. The molecule has 1 atom stereocenters. The van der Waals surface area contributed by atoms with E-state index in [0.717, 1.165) is 48.3 Å². The van der Waals surface area contributed by atoms with Gasteiger partial charge in [-0.25, -0.2) is 4.98 Å². The molecule has 136 valence electrons. The number of nitrogens with one attached hydrogen (secondary N) is 2. The van der Waals surface area contributed by atoms with Crippen molar-refractivity contribution >= 4 is 10.9 Å².